The Morgan fingerprint density at radius 2 is 1.82 bits per heavy atom. The molecule has 0 amide bonds. The van der Waals surface area contributed by atoms with Crippen molar-refractivity contribution in [2.45, 2.75) is 45.4 Å². The summed E-state index contributed by atoms with van der Waals surface area (Å²) in [5, 5.41) is 0. The molecule has 0 aliphatic carbocycles. The standard InChI is InChI=1S/C16H20BrFO4/c1-2-3-10-21-15(19)6-4-5-7-16(20)22-14-9-8-12(18)11-13(14)17/h8-9,11H,2-7,10H2,1H3. The highest BCUT2D eigenvalue weighted by Crippen LogP contribution is 2.25. The molecule has 0 N–H and O–H groups in total. The highest BCUT2D eigenvalue weighted by molar-refractivity contribution is 9.10. The molecule has 0 atom stereocenters. The molecule has 0 heterocycles. The van der Waals surface area contributed by atoms with Crippen molar-refractivity contribution in [3.8, 4) is 5.75 Å². The molecule has 1 aromatic rings. The molecule has 1 aromatic carbocycles. The van der Waals surface area contributed by atoms with Gasteiger partial charge >= 0.3 is 11.9 Å². The van der Waals surface area contributed by atoms with E-state index in [-0.39, 0.29) is 18.1 Å². The van der Waals surface area contributed by atoms with Crippen LogP contribution in [0, 0.1) is 5.82 Å². The minimum atomic E-state index is -0.411. The van der Waals surface area contributed by atoms with Crippen molar-refractivity contribution >= 4 is 27.9 Å². The van der Waals surface area contributed by atoms with Crippen LogP contribution in [0.3, 0.4) is 0 Å². The first-order chi connectivity index (χ1) is 10.5. The summed E-state index contributed by atoms with van der Waals surface area (Å²) in [4.78, 5) is 23.0. The summed E-state index contributed by atoms with van der Waals surface area (Å²) in [6.07, 6.45) is 3.47. The molecule has 1 rings (SSSR count). The molecule has 0 aliphatic heterocycles. The molecule has 0 bridgehead atoms. The van der Waals surface area contributed by atoms with Gasteiger partial charge in [-0.3, -0.25) is 9.59 Å². The Balaban J connectivity index is 2.19. The molecule has 6 heteroatoms. The van der Waals surface area contributed by atoms with E-state index in [2.05, 4.69) is 15.9 Å². The zero-order valence-electron chi connectivity index (χ0n) is 12.6. The number of unbranched alkanes of at least 4 members (excludes halogenated alkanes) is 2. The van der Waals surface area contributed by atoms with Crippen molar-refractivity contribution < 1.29 is 23.5 Å². The van der Waals surface area contributed by atoms with E-state index < -0.39 is 11.8 Å². The predicted octanol–water partition coefficient (Wildman–Crippen LogP) is 4.40. The second-order valence-corrected chi connectivity index (χ2v) is 5.68. The molecule has 22 heavy (non-hydrogen) atoms. The summed E-state index contributed by atoms with van der Waals surface area (Å²) in [6.45, 7) is 2.48. The molecule has 0 spiro atoms. The van der Waals surface area contributed by atoms with E-state index in [1.54, 1.807) is 0 Å². The fraction of sp³-hybridized carbons (Fsp3) is 0.500. The number of rotatable bonds is 9. The van der Waals surface area contributed by atoms with E-state index in [0.29, 0.717) is 30.3 Å². The summed E-state index contributed by atoms with van der Waals surface area (Å²) < 4.78 is 23.4. The normalized spacial score (nSPS) is 10.3. The fourth-order valence-electron chi connectivity index (χ4n) is 1.67. The van der Waals surface area contributed by atoms with E-state index in [4.69, 9.17) is 9.47 Å². The Morgan fingerprint density at radius 1 is 1.14 bits per heavy atom. The van der Waals surface area contributed by atoms with Crippen molar-refractivity contribution in [1.29, 1.82) is 0 Å². The number of halogens is 2. The number of benzene rings is 1. The lowest BCUT2D eigenvalue weighted by atomic mass is 10.2. The molecule has 122 valence electrons. The van der Waals surface area contributed by atoms with Gasteiger partial charge in [-0.25, -0.2) is 4.39 Å². The molecular formula is C16H20BrFO4. The smallest absolute Gasteiger partial charge is 0.311 e. The van der Waals surface area contributed by atoms with Crippen LogP contribution in [0.4, 0.5) is 4.39 Å². The van der Waals surface area contributed by atoms with Gasteiger partial charge in [-0.15, -0.1) is 0 Å². The van der Waals surface area contributed by atoms with Gasteiger partial charge in [0.25, 0.3) is 0 Å². The van der Waals surface area contributed by atoms with Crippen molar-refractivity contribution in [1.82, 2.24) is 0 Å². The van der Waals surface area contributed by atoms with Crippen molar-refractivity contribution in [2.75, 3.05) is 6.61 Å². The minimum absolute atomic E-state index is 0.200. The Kier molecular flexibility index (Phi) is 8.74. The highest BCUT2D eigenvalue weighted by atomic mass is 79.9. The average molecular weight is 375 g/mol. The third-order valence-corrected chi connectivity index (χ3v) is 3.51. The van der Waals surface area contributed by atoms with Crippen molar-refractivity contribution in [3.05, 3.63) is 28.5 Å². The van der Waals surface area contributed by atoms with E-state index in [9.17, 15) is 14.0 Å². The maximum atomic E-state index is 12.9. The number of carbonyl (C=O) groups is 2. The Bertz CT molecular complexity index is 505. The number of hydrogen-bond donors (Lipinski definition) is 0. The van der Waals surface area contributed by atoms with Crippen LogP contribution in [0.15, 0.2) is 22.7 Å². The van der Waals surface area contributed by atoms with Gasteiger partial charge in [0.05, 0.1) is 11.1 Å². The summed E-state index contributed by atoms with van der Waals surface area (Å²) in [7, 11) is 0. The van der Waals surface area contributed by atoms with Gasteiger partial charge in [0.2, 0.25) is 0 Å². The van der Waals surface area contributed by atoms with Gasteiger partial charge in [-0.2, -0.15) is 0 Å². The Labute approximate surface area is 138 Å². The van der Waals surface area contributed by atoms with Crippen LogP contribution in [-0.2, 0) is 14.3 Å². The second kappa shape index (κ2) is 10.3. The molecule has 0 saturated carbocycles. The molecule has 0 aromatic heterocycles. The van der Waals surface area contributed by atoms with Crippen LogP contribution in [0.2, 0.25) is 0 Å². The van der Waals surface area contributed by atoms with E-state index >= 15 is 0 Å². The van der Waals surface area contributed by atoms with Crippen LogP contribution in [0.25, 0.3) is 0 Å². The Hall–Kier alpha value is -1.43. The quantitative estimate of drug-likeness (QED) is 0.365. The maximum absolute atomic E-state index is 12.9. The van der Waals surface area contributed by atoms with E-state index in [1.165, 1.54) is 18.2 Å². The first-order valence-electron chi connectivity index (χ1n) is 7.34. The van der Waals surface area contributed by atoms with Gasteiger partial charge in [0, 0.05) is 12.8 Å². The van der Waals surface area contributed by atoms with E-state index in [1.807, 2.05) is 6.92 Å². The SMILES string of the molecule is CCCCOC(=O)CCCCC(=O)Oc1ccc(F)cc1Br. The molecule has 0 unspecified atom stereocenters. The number of hydrogen-bond acceptors (Lipinski definition) is 4. The first-order valence-corrected chi connectivity index (χ1v) is 8.13. The zero-order chi connectivity index (χ0) is 16.4. The lowest BCUT2D eigenvalue weighted by Gasteiger charge is -2.06. The van der Waals surface area contributed by atoms with Crippen molar-refractivity contribution in [3.63, 3.8) is 0 Å². The highest BCUT2D eigenvalue weighted by Gasteiger charge is 2.09. The number of esters is 2. The summed E-state index contributed by atoms with van der Waals surface area (Å²) in [5.74, 6) is -0.770. The lowest BCUT2D eigenvalue weighted by Crippen LogP contribution is -2.09. The third-order valence-electron chi connectivity index (χ3n) is 2.89. The van der Waals surface area contributed by atoms with Crippen LogP contribution >= 0.6 is 15.9 Å². The predicted molar refractivity (Wildman–Crippen MR) is 84.1 cm³/mol. The van der Waals surface area contributed by atoms with Crippen LogP contribution in [0.1, 0.15) is 45.4 Å². The number of ether oxygens (including phenoxy) is 2. The topological polar surface area (TPSA) is 52.6 Å². The second-order valence-electron chi connectivity index (χ2n) is 4.83. The van der Waals surface area contributed by atoms with Gasteiger partial charge in [0.1, 0.15) is 11.6 Å². The summed E-state index contributed by atoms with van der Waals surface area (Å²) >= 11 is 3.13. The minimum Gasteiger partial charge on any atom is -0.466 e. The van der Waals surface area contributed by atoms with Gasteiger partial charge in [-0.05, 0) is 53.4 Å². The average Bonchev–Trinajstić information content (AvgIpc) is 2.47. The van der Waals surface area contributed by atoms with Crippen LogP contribution < -0.4 is 4.74 Å². The Morgan fingerprint density at radius 3 is 2.45 bits per heavy atom. The lowest BCUT2D eigenvalue weighted by molar-refractivity contribution is -0.144. The molecule has 0 fully saturated rings. The summed E-state index contributed by atoms with van der Waals surface area (Å²) in [5.41, 5.74) is 0. The largest absolute Gasteiger partial charge is 0.466 e. The molecular weight excluding hydrogens is 355 g/mol. The maximum Gasteiger partial charge on any atom is 0.311 e. The molecule has 0 saturated heterocycles. The van der Waals surface area contributed by atoms with Gasteiger partial charge < -0.3 is 9.47 Å². The van der Waals surface area contributed by atoms with Crippen LogP contribution in [0.5, 0.6) is 5.75 Å². The molecule has 4 nitrogen and oxygen atoms in total. The van der Waals surface area contributed by atoms with Gasteiger partial charge in [0.15, 0.2) is 0 Å². The fourth-order valence-corrected chi connectivity index (χ4v) is 2.10. The molecule has 0 aliphatic rings. The third kappa shape index (κ3) is 7.54. The summed E-state index contributed by atoms with van der Waals surface area (Å²) in [6, 6.07) is 3.84. The molecule has 0 radical (unpaired) electrons. The van der Waals surface area contributed by atoms with Crippen LogP contribution in [-0.4, -0.2) is 18.5 Å². The first kappa shape index (κ1) is 18.6. The van der Waals surface area contributed by atoms with Gasteiger partial charge in [-0.1, -0.05) is 13.3 Å². The monoisotopic (exact) mass is 374 g/mol. The van der Waals surface area contributed by atoms with E-state index in [0.717, 1.165) is 12.8 Å². The zero-order valence-corrected chi connectivity index (χ0v) is 14.2. The van der Waals surface area contributed by atoms with Crippen molar-refractivity contribution in [2.24, 2.45) is 0 Å². The number of carbonyl (C=O) groups excluding carboxylic acids is 2.